The Bertz CT molecular complexity index is 551. The first kappa shape index (κ1) is 14.7. The SMILES string of the molecule is NC(=S)c1ccc(S(=O)(=O)NCC2CCSC2)cn1. The van der Waals surface area contributed by atoms with E-state index >= 15 is 0 Å². The topological polar surface area (TPSA) is 85.1 Å². The average molecular weight is 317 g/mol. The molecule has 2 rings (SSSR count). The Balaban J connectivity index is 2.03. The van der Waals surface area contributed by atoms with Gasteiger partial charge in [-0.05, 0) is 36.0 Å². The van der Waals surface area contributed by atoms with Crippen LogP contribution in [0.1, 0.15) is 12.1 Å². The molecule has 1 aromatic rings. The fraction of sp³-hybridized carbons (Fsp3) is 0.455. The van der Waals surface area contributed by atoms with E-state index in [9.17, 15) is 8.42 Å². The third-order valence-corrected chi connectivity index (χ3v) is 5.73. The molecule has 3 N–H and O–H groups in total. The lowest BCUT2D eigenvalue weighted by Gasteiger charge is -2.10. The lowest BCUT2D eigenvalue weighted by molar-refractivity contribution is 0.545. The second kappa shape index (κ2) is 6.17. The summed E-state index contributed by atoms with van der Waals surface area (Å²) >= 11 is 6.63. The van der Waals surface area contributed by atoms with Crippen molar-refractivity contribution in [3.63, 3.8) is 0 Å². The lowest BCUT2D eigenvalue weighted by atomic mass is 10.1. The van der Waals surface area contributed by atoms with Gasteiger partial charge < -0.3 is 5.73 Å². The van der Waals surface area contributed by atoms with Crippen molar-refractivity contribution in [3.8, 4) is 0 Å². The van der Waals surface area contributed by atoms with Crippen LogP contribution in [0.2, 0.25) is 0 Å². The van der Waals surface area contributed by atoms with Crippen LogP contribution in [0, 0.1) is 5.92 Å². The van der Waals surface area contributed by atoms with Crippen LogP contribution in [0.4, 0.5) is 0 Å². The number of thioether (sulfide) groups is 1. The molecule has 2 heterocycles. The number of hydrogen-bond acceptors (Lipinski definition) is 5. The monoisotopic (exact) mass is 317 g/mol. The molecule has 0 saturated carbocycles. The molecule has 1 aliphatic rings. The van der Waals surface area contributed by atoms with Gasteiger partial charge in [0, 0.05) is 12.7 Å². The molecule has 5 nitrogen and oxygen atoms in total. The molecule has 0 aromatic carbocycles. The lowest BCUT2D eigenvalue weighted by Crippen LogP contribution is -2.29. The fourth-order valence-corrected chi connectivity index (χ4v) is 4.21. The molecule has 0 aliphatic carbocycles. The van der Waals surface area contributed by atoms with Gasteiger partial charge in [0.15, 0.2) is 0 Å². The molecule has 0 amide bonds. The Hall–Kier alpha value is -0.700. The van der Waals surface area contributed by atoms with Gasteiger partial charge in [-0.25, -0.2) is 13.1 Å². The van der Waals surface area contributed by atoms with E-state index in [2.05, 4.69) is 9.71 Å². The highest BCUT2D eigenvalue weighted by Crippen LogP contribution is 2.23. The number of hydrogen-bond donors (Lipinski definition) is 2. The Morgan fingerprint density at radius 2 is 2.37 bits per heavy atom. The molecular weight excluding hydrogens is 302 g/mol. The minimum absolute atomic E-state index is 0.137. The number of nitrogens with two attached hydrogens (primary N) is 1. The molecule has 1 saturated heterocycles. The van der Waals surface area contributed by atoms with Gasteiger partial charge >= 0.3 is 0 Å². The standard InChI is InChI=1S/C11H15N3O2S3/c12-11(17)10-2-1-9(6-13-10)19(15,16)14-5-8-3-4-18-7-8/h1-2,6,8,14H,3-5,7H2,(H2,12,17). The van der Waals surface area contributed by atoms with Crippen molar-refractivity contribution in [1.82, 2.24) is 9.71 Å². The number of nitrogens with one attached hydrogen (secondary N) is 1. The van der Waals surface area contributed by atoms with Crippen molar-refractivity contribution >= 4 is 39.0 Å². The maximum Gasteiger partial charge on any atom is 0.242 e. The van der Waals surface area contributed by atoms with Crippen LogP contribution in [0.3, 0.4) is 0 Å². The maximum atomic E-state index is 12.0. The summed E-state index contributed by atoms with van der Waals surface area (Å²) in [6.07, 6.45) is 2.34. The molecule has 19 heavy (non-hydrogen) atoms. The summed E-state index contributed by atoms with van der Waals surface area (Å²) in [6.45, 7) is 0.479. The molecule has 8 heteroatoms. The van der Waals surface area contributed by atoms with Crippen LogP contribution in [0.25, 0.3) is 0 Å². The van der Waals surface area contributed by atoms with Gasteiger partial charge in [-0.1, -0.05) is 12.2 Å². The molecule has 0 spiro atoms. The van der Waals surface area contributed by atoms with Gasteiger partial charge in [0.25, 0.3) is 0 Å². The summed E-state index contributed by atoms with van der Waals surface area (Å²) in [6, 6.07) is 2.98. The van der Waals surface area contributed by atoms with Crippen LogP contribution >= 0.6 is 24.0 Å². The van der Waals surface area contributed by atoms with Crippen LogP contribution in [0.5, 0.6) is 0 Å². The van der Waals surface area contributed by atoms with E-state index in [0.717, 1.165) is 17.9 Å². The summed E-state index contributed by atoms with van der Waals surface area (Å²) in [5.74, 6) is 2.54. The number of aromatic nitrogens is 1. The van der Waals surface area contributed by atoms with Crippen molar-refractivity contribution in [2.75, 3.05) is 18.1 Å². The first-order valence-electron chi connectivity index (χ1n) is 5.82. The van der Waals surface area contributed by atoms with Crippen LogP contribution in [-0.2, 0) is 10.0 Å². The van der Waals surface area contributed by atoms with Gasteiger partial charge in [0.2, 0.25) is 10.0 Å². The second-order valence-corrected chi connectivity index (χ2v) is 7.68. The Morgan fingerprint density at radius 1 is 1.58 bits per heavy atom. The first-order valence-corrected chi connectivity index (χ1v) is 8.87. The summed E-state index contributed by atoms with van der Waals surface area (Å²) in [5.41, 5.74) is 5.83. The van der Waals surface area contributed by atoms with E-state index in [1.807, 2.05) is 11.8 Å². The summed E-state index contributed by atoms with van der Waals surface area (Å²) < 4.78 is 26.7. The number of pyridine rings is 1. The molecule has 104 valence electrons. The van der Waals surface area contributed by atoms with Crippen molar-refractivity contribution in [2.24, 2.45) is 11.7 Å². The van der Waals surface area contributed by atoms with Crippen molar-refractivity contribution in [2.45, 2.75) is 11.3 Å². The maximum absolute atomic E-state index is 12.0. The molecule has 1 atom stereocenters. The van der Waals surface area contributed by atoms with E-state index in [0.29, 0.717) is 18.2 Å². The predicted molar refractivity (Wildman–Crippen MR) is 80.7 cm³/mol. The zero-order chi connectivity index (χ0) is 13.9. The van der Waals surface area contributed by atoms with Crippen molar-refractivity contribution in [3.05, 3.63) is 24.0 Å². The third-order valence-electron chi connectivity index (χ3n) is 2.89. The highest BCUT2D eigenvalue weighted by Gasteiger charge is 2.20. The van der Waals surface area contributed by atoms with Crippen LogP contribution in [0.15, 0.2) is 23.2 Å². The van der Waals surface area contributed by atoms with Crippen molar-refractivity contribution in [1.29, 1.82) is 0 Å². The number of sulfonamides is 1. The third kappa shape index (κ3) is 3.88. The minimum Gasteiger partial charge on any atom is -0.388 e. The Morgan fingerprint density at radius 3 is 2.89 bits per heavy atom. The predicted octanol–water partition coefficient (Wildman–Crippen LogP) is 0.747. The summed E-state index contributed by atoms with van der Waals surface area (Å²) in [5, 5.41) is 0. The zero-order valence-corrected chi connectivity index (χ0v) is 12.7. The van der Waals surface area contributed by atoms with E-state index in [4.69, 9.17) is 18.0 Å². The van der Waals surface area contributed by atoms with Gasteiger partial charge in [-0.15, -0.1) is 0 Å². The van der Waals surface area contributed by atoms with Gasteiger partial charge in [0.1, 0.15) is 9.88 Å². The quantitative estimate of drug-likeness (QED) is 0.780. The Kier molecular flexibility index (Phi) is 4.77. The van der Waals surface area contributed by atoms with E-state index in [-0.39, 0.29) is 9.88 Å². The van der Waals surface area contributed by atoms with Crippen molar-refractivity contribution < 1.29 is 8.42 Å². The molecular formula is C11H15N3O2S3. The highest BCUT2D eigenvalue weighted by molar-refractivity contribution is 7.99. The summed E-state index contributed by atoms with van der Waals surface area (Å²) in [4.78, 5) is 4.22. The number of rotatable bonds is 5. The van der Waals surface area contributed by atoms with Crippen LogP contribution in [-0.4, -0.2) is 36.4 Å². The minimum atomic E-state index is -3.50. The molecule has 1 aliphatic heterocycles. The molecule has 1 aromatic heterocycles. The molecule has 0 radical (unpaired) electrons. The average Bonchev–Trinajstić information content (AvgIpc) is 2.90. The Labute approximate surface area is 122 Å². The normalized spacial score (nSPS) is 19.5. The second-order valence-electron chi connectivity index (χ2n) is 4.32. The molecule has 1 unspecified atom stereocenters. The molecule has 0 bridgehead atoms. The highest BCUT2D eigenvalue weighted by atomic mass is 32.2. The largest absolute Gasteiger partial charge is 0.388 e. The zero-order valence-electron chi connectivity index (χ0n) is 10.2. The van der Waals surface area contributed by atoms with Gasteiger partial charge in [-0.2, -0.15) is 11.8 Å². The van der Waals surface area contributed by atoms with E-state index in [1.165, 1.54) is 18.3 Å². The first-order chi connectivity index (χ1) is 8.99. The smallest absolute Gasteiger partial charge is 0.242 e. The molecule has 1 fully saturated rings. The number of nitrogens with zero attached hydrogens (tertiary/aromatic N) is 1. The summed E-state index contributed by atoms with van der Waals surface area (Å²) in [7, 11) is -3.50. The van der Waals surface area contributed by atoms with Crippen LogP contribution < -0.4 is 10.5 Å². The van der Waals surface area contributed by atoms with Gasteiger partial charge in [-0.3, -0.25) is 4.98 Å². The van der Waals surface area contributed by atoms with Gasteiger partial charge in [0.05, 0.1) is 5.69 Å². The number of thiocarbonyl (C=S) groups is 1. The van der Waals surface area contributed by atoms with E-state index in [1.54, 1.807) is 0 Å². The fourth-order valence-electron chi connectivity index (χ4n) is 1.74. The van der Waals surface area contributed by atoms with E-state index < -0.39 is 10.0 Å².